The van der Waals surface area contributed by atoms with Crippen LogP contribution in [0.1, 0.15) is 282 Å². The molecule has 19 nitrogen and oxygen atoms in total. The molecular formula is C88H151F5O19. The molecule has 0 amide bonds. The zero-order valence-corrected chi connectivity index (χ0v) is 68.8. The first-order valence-electron chi connectivity index (χ1n) is 36.1. The van der Waals surface area contributed by atoms with Crippen LogP contribution in [0.4, 0.5) is 22.0 Å². The molecule has 0 spiro atoms. The summed E-state index contributed by atoms with van der Waals surface area (Å²) in [4.78, 5) is 47.9. The van der Waals surface area contributed by atoms with Crippen molar-refractivity contribution < 1.29 is 112 Å². The lowest BCUT2D eigenvalue weighted by Gasteiger charge is -2.28. The summed E-state index contributed by atoms with van der Waals surface area (Å²) in [5.41, 5.74) is 3.94. The standard InChI is InChI=1S/C24H39FO5.C23H38O5.C18H24F4O5.C17H26O4.6CH4/c1-10-24(9,25)21(26)28-12-11-27-20-18(15-29-22(3,4)5)13-17(2)14-19(20)16-30-23(6,7)8;1-10-15(2)22(24)28-12-11-27-21-19(16(3)25-8)13-18(23(5,6)7)14-20(21)17(4)26-9;1-5-17(2,18(20,21)22)16(23)27-7-6-26-15-12(10-24-3)8-14(19)9-13(15)11-25-4;1-7-17(3,4)16(18)21-15-13(10-19-5)8-12(2)9-14(15)11-20-6;;;;;;/h13-14H,10-12,15-16H2,1-9H3;13-17H,10-12H2,1-9H3;8-9H,5-7,10-11H2,1-4H3;8-9H,7,10-11H2,1-6H3;6*1H4. The van der Waals surface area contributed by atoms with Gasteiger partial charge >= 0.3 is 30.1 Å². The van der Waals surface area contributed by atoms with Crippen LogP contribution in [0.15, 0.2) is 48.5 Å². The lowest BCUT2D eigenvalue weighted by molar-refractivity contribution is -0.231. The maximum atomic E-state index is 14.0. The number of benzene rings is 4. The van der Waals surface area contributed by atoms with Crippen LogP contribution in [0.25, 0.3) is 0 Å². The number of hydrogen-bond acceptors (Lipinski definition) is 19. The normalized spacial score (nSPS) is 13.1. The monoisotopic (exact) mass is 1610 g/mol. The molecule has 5 atom stereocenters. The number of methoxy groups -OCH3 is 6. The first-order chi connectivity index (χ1) is 49.2. The molecule has 0 fully saturated rings. The van der Waals surface area contributed by atoms with Gasteiger partial charge in [-0.05, 0) is 158 Å². The van der Waals surface area contributed by atoms with Crippen molar-refractivity contribution >= 4 is 23.9 Å². The van der Waals surface area contributed by atoms with Crippen LogP contribution in [0.3, 0.4) is 0 Å². The number of carbonyl (C=O) groups excluding carboxylic acids is 4. The number of alkyl halides is 4. The van der Waals surface area contributed by atoms with Gasteiger partial charge in [-0.1, -0.05) is 135 Å². The Kier molecular flexibility index (Phi) is 56.5. The molecule has 0 saturated heterocycles. The predicted molar refractivity (Wildman–Crippen MR) is 440 cm³/mol. The first-order valence-corrected chi connectivity index (χ1v) is 36.1. The third kappa shape index (κ3) is 39.2. The van der Waals surface area contributed by atoms with Crippen LogP contribution in [-0.4, -0.2) is 129 Å². The van der Waals surface area contributed by atoms with E-state index in [0.717, 1.165) is 70.0 Å². The first kappa shape index (κ1) is 116. The highest BCUT2D eigenvalue weighted by Gasteiger charge is 2.56. The lowest BCUT2D eigenvalue weighted by atomic mass is 9.83. The molecule has 0 aromatic heterocycles. The number of halogens is 5. The van der Waals surface area contributed by atoms with Crippen molar-refractivity contribution in [3.8, 4) is 23.0 Å². The van der Waals surface area contributed by atoms with E-state index in [9.17, 15) is 41.1 Å². The fourth-order valence-corrected chi connectivity index (χ4v) is 9.50. The summed E-state index contributed by atoms with van der Waals surface area (Å²) in [6.45, 7) is 42.6. The van der Waals surface area contributed by atoms with Crippen LogP contribution < -0.4 is 18.9 Å². The van der Waals surface area contributed by atoms with Gasteiger partial charge in [0.2, 0.25) is 5.67 Å². The minimum atomic E-state index is -4.71. The molecule has 0 aliphatic carbocycles. The van der Waals surface area contributed by atoms with E-state index in [-0.39, 0.29) is 156 Å². The molecule has 0 N–H and O–H groups in total. The van der Waals surface area contributed by atoms with Crippen LogP contribution >= 0.6 is 0 Å². The molecule has 0 radical (unpaired) electrons. The van der Waals surface area contributed by atoms with Crippen molar-refractivity contribution in [3.63, 3.8) is 0 Å². The molecule has 4 aromatic rings. The fourth-order valence-electron chi connectivity index (χ4n) is 9.50. The van der Waals surface area contributed by atoms with E-state index in [2.05, 4.69) is 32.9 Å². The van der Waals surface area contributed by atoms with Crippen LogP contribution in [0, 0.1) is 36.4 Å². The number of aryl methyl sites for hydroxylation is 2. The molecule has 652 valence electrons. The van der Waals surface area contributed by atoms with Crippen LogP contribution in [0.2, 0.25) is 0 Å². The van der Waals surface area contributed by atoms with E-state index >= 15 is 0 Å². The predicted octanol–water partition coefficient (Wildman–Crippen LogP) is 22.5. The van der Waals surface area contributed by atoms with E-state index < -0.39 is 46.9 Å². The van der Waals surface area contributed by atoms with E-state index in [1.54, 1.807) is 35.4 Å². The van der Waals surface area contributed by atoms with Gasteiger partial charge in [0, 0.05) is 87.2 Å². The highest BCUT2D eigenvalue weighted by atomic mass is 19.4. The molecule has 4 rings (SSSR count). The zero-order valence-electron chi connectivity index (χ0n) is 68.8. The van der Waals surface area contributed by atoms with Crippen LogP contribution in [-0.2, 0) is 116 Å². The second-order valence-corrected chi connectivity index (χ2v) is 30.1. The molecule has 0 aliphatic heterocycles. The Bertz CT molecular complexity index is 3200. The van der Waals surface area contributed by atoms with E-state index in [1.807, 2.05) is 128 Å². The van der Waals surface area contributed by atoms with Crippen molar-refractivity contribution in [3.05, 3.63) is 116 Å². The summed E-state index contributed by atoms with van der Waals surface area (Å²) in [5, 5.41) is 0. The summed E-state index contributed by atoms with van der Waals surface area (Å²) in [5.74, 6) is -1.01. The Labute approximate surface area is 673 Å². The Morgan fingerprint density at radius 1 is 0.411 bits per heavy atom. The van der Waals surface area contributed by atoms with Gasteiger partial charge in [0.05, 0.1) is 74.4 Å². The fraction of sp³-hybridized carbons (Fsp3) is 0.682. The molecule has 5 unspecified atom stereocenters. The Morgan fingerprint density at radius 3 is 1.05 bits per heavy atom. The number of hydrogen-bond donors (Lipinski definition) is 0. The Morgan fingerprint density at radius 2 is 0.750 bits per heavy atom. The summed E-state index contributed by atoms with van der Waals surface area (Å²) >= 11 is 0. The summed E-state index contributed by atoms with van der Waals surface area (Å²) in [7, 11) is 9.47. The second-order valence-electron chi connectivity index (χ2n) is 30.1. The third-order valence-electron chi connectivity index (χ3n) is 17.3. The summed E-state index contributed by atoms with van der Waals surface area (Å²) in [6.07, 6.45) is -3.88. The molecule has 112 heavy (non-hydrogen) atoms. The molecule has 0 bridgehead atoms. The van der Waals surface area contributed by atoms with E-state index in [4.69, 9.17) is 71.1 Å². The Hall–Kier alpha value is -6.51. The quantitative estimate of drug-likeness (QED) is 0.0135. The van der Waals surface area contributed by atoms with Gasteiger partial charge in [0.25, 0.3) is 0 Å². The van der Waals surface area contributed by atoms with Gasteiger partial charge in [-0.2, -0.15) is 13.2 Å². The summed E-state index contributed by atoms with van der Waals surface area (Å²) in [6, 6.07) is 14.7. The van der Waals surface area contributed by atoms with Gasteiger partial charge in [-0.25, -0.2) is 13.6 Å². The topological polar surface area (TPSA) is 207 Å². The summed E-state index contributed by atoms with van der Waals surface area (Å²) < 4.78 is 149. The highest BCUT2D eigenvalue weighted by Crippen LogP contribution is 2.43. The second kappa shape index (κ2) is 54.4. The van der Waals surface area contributed by atoms with Crippen molar-refractivity contribution in [1.29, 1.82) is 0 Å². The van der Waals surface area contributed by atoms with Gasteiger partial charge in [0.15, 0.2) is 5.41 Å². The minimum Gasteiger partial charge on any atom is -0.489 e. The zero-order chi connectivity index (χ0) is 81.4. The van der Waals surface area contributed by atoms with Crippen LogP contribution in [0.5, 0.6) is 23.0 Å². The highest BCUT2D eigenvalue weighted by molar-refractivity contribution is 5.80. The van der Waals surface area contributed by atoms with Crippen molar-refractivity contribution in [1.82, 2.24) is 0 Å². The molecule has 4 aromatic carbocycles. The third-order valence-corrected chi connectivity index (χ3v) is 17.3. The molecular weight excluding hydrogens is 1460 g/mol. The van der Waals surface area contributed by atoms with Crippen molar-refractivity contribution in [2.75, 3.05) is 82.3 Å². The Balaban J connectivity index is -0.000000331. The smallest absolute Gasteiger partial charge is 0.404 e. The maximum absolute atomic E-state index is 14.0. The largest absolute Gasteiger partial charge is 0.489 e. The number of carbonyl (C=O) groups is 4. The van der Waals surface area contributed by atoms with Crippen molar-refractivity contribution in [2.45, 2.75) is 303 Å². The number of ether oxygens (including phenoxy) is 15. The van der Waals surface area contributed by atoms with Gasteiger partial charge in [-0.15, -0.1) is 0 Å². The van der Waals surface area contributed by atoms with Gasteiger partial charge in [-0.3, -0.25) is 14.4 Å². The van der Waals surface area contributed by atoms with Gasteiger partial charge in [0.1, 0.15) is 68.5 Å². The van der Waals surface area contributed by atoms with Gasteiger partial charge < -0.3 is 71.1 Å². The number of esters is 4. The molecule has 0 aliphatic rings. The number of rotatable bonds is 37. The van der Waals surface area contributed by atoms with E-state index in [1.165, 1.54) is 45.8 Å². The van der Waals surface area contributed by atoms with Crippen molar-refractivity contribution in [2.24, 2.45) is 16.7 Å². The molecule has 24 heteroatoms. The lowest BCUT2D eigenvalue weighted by Crippen LogP contribution is -2.43. The van der Waals surface area contributed by atoms with E-state index in [0.29, 0.717) is 49.1 Å². The SMILES string of the molecule is C.C.C.C.C.C.CCC(C)(C(=O)OCCOc1c(COC)cc(F)cc1COC)C(F)(F)F.CCC(C)(C)C(=O)Oc1c(COC)cc(C)cc1COC.CCC(C)(F)C(=O)OCCOc1c(COC(C)(C)C)cc(C)cc1COC(C)(C)C.CCC(C)C(=O)OCCOc1c(C(C)OC)cc(C(C)(C)C)cc1C(C)OC. The minimum absolute atomic E-state index is 0. The molecule has 0 heterocycles. The molecule has 0 saturated carbocycles. The average molecular weight is 1610 g/mol. The maximum Gasteiger partial charge on any atom is 0.404 e. The average Bonchev–Trinajstić information content (AvgIpc) is 0.807.